The van der Waals surface area contributed by atoms with E-state index in [1.165, 1.54) is 4.90 Å². The first-order valence-electron chi connectivity index (χ1n) is 8.98. The van der Waals surface area contributed by atoms with E-state index in [2.05, 4.69) is 4.98 Å². The van der Waals surface area contributed by atoms with Crippen LogP contribution in [0.4, 0.5) is 4.79 Å². The van der Waals surface area contributed by atoms with Crippen LogP contribution < -0.4 is 4.74 Å². The number of benzene rings is 2. The third-order valence-corrected chi connectivity index (χ3v) is 5.26. The van der Waals surface area contributed by atoms with Crippen molar-refractivity contribution >= 4 is 24.0 Å². The minimum atomic E-state index is -0.899. The molecule has 8 heteroatoms. The lowest BCUT2D eigenvalue weighted by Crippen LogP contribution is -2.48. The van der Waals surface area contributed by atoms with Gasteiger partial charge in [0.1, 0.15) is 17.3 Å². The van der Waals surface area contributed by atoms with Gasteiger partial charge in [-0.05, 0) is 36.4 Å². The number of imidazole rings is 1. The molecule has 1 saturated heterocycles. The third kappa shape index (κ3) is 3.69. The van der Waals surface area contributed by atoms with Crippen molar-refractivity contribution in [3.63, 3.8) is 0 Å². The summed E-state index contributed by atoms with van der Waals surface area (Å²) in [5.41, 5.74) is 2.30. The first kappa shape index (κ1) is 19.0. The molecule has 4 rings (SSSR count). The molecule has 1 fully saturated rings. The average molecular weight is 412 g/mol. The largest absolute Gasteiger partial charge is 0.465 e. The molecular formula is C21H18ClN3O4. The molecule has 1 amide bonds. The standard InChI is InChI=1S/C21H18ClN3O4/c1-24-18(9-23-20(24)15-10-25(11-15)21(27)28)13-3-6-17(7-4-13)29-19-8-16(22)5-2-14(19)12-26/h2-9,12,15H,10-11H2,1H3,(H,27,28). The predicted octanol–water partition coefficient (Wildman–Crippen LogP) is 4.42. The molecule has 2 aromatic carbocycles. The molecule has 1 aromatic heterocycles. The van der Waals surface area contributed by atoms with Crippen molar-refractivity contribution in [2.75, 3.05) is 13.1 Å². The molecular weight excluding hydrogens is 394 g/mol. The summed E-state index contributed by atoms with van der Waals surface area (Å²) >= 11 is 5.99. The van der Waals surface area contributed by atoms with Gasteiger partial charge in [-0.1, -0.05) is 11.6 Å². The van der Waals surface area contributed by atoms with Crippen LogP contribution >= 0.6 is 11.6 Å². The second-order valence-corrected chi connectivity index (χ2v) is 7.31. The summed E-state index contributed by atoms with van der Waals surface area (Å²) in [6, 6.07) is 12.3. The average Bonchev–Trinajstić information content (AvgIpc) is 3.02. The Morgan fingerprint density at radius 3 is 2.62 bits per heavy atom. The molecule has 0 bridgehead atoms. The van der Waals surface area contributed by atoms with Gasteiger partial charge in [0.25, 0.3) is 0 Å². The van der Waals surface area contributed by atoms with Crippen molar-refractivity contribution in [1.82, 2.24) is 14.5 Å². The van der Waals surface area contributed by atoms with Crippen molar-refractivity contribution < 1.29 is 19.4 Å². The van der Waals surface area contributed by atoms with Crippen molar-refractivity contribution in [1.29, 1.82) is 0 Å². The van der Waals surface area contributed by atoms with Crippen molar-refractivity contribution in [3.05, 3.63) is 65.1 Å². The third-order valence-electron chi connectivity index (χ3n) is 5.02. The van der Waals surface area contributed by atoms with Gasteiger partial charge in [0.15, 0.2) is 6.29 Å². The van der Waals surface area contributed by atoms with Crippen molar-refractivity contribution in [2.24, 2.45) is 7.05 Å². The maximum atomic E-state index is 11.2. The van der Waals surface area contributed by atoms with Crippen LogP contribution in [0.25, 0.3) is 11.3 Å². The van der Waals surface area contributed by atoms with Crippen LogP contribution in [0, 0.1) is 0 Å². The fourth-order valence-corrected chi connectivity index (χ4v) is 3.55. The summed E-state index contributed by atoms with van der Waals surface area (Å²) in [6.07, 6.45) is 1.61. The van der Waals surface area contributed by atoms with Crippen molar-refractivity contribution in [3.8, 4) is 22.8 Å². The molecule has 2 heterocycles. The van der Waals surface area contributed by atoms with E-state index in [-0.39, 0.29) is 5.92 Å². The second kappa shape index (κ2) is 7.60. The van der Waals surface area contributed by atoms with Gasteiger partial charge in [-0.25, -0.2) is 9.78 Å². The number of hydrogen-bond donors (Lipinski definition) is 1. The monoisotopic (exact) mass is 411 g/mol. The Hall–Kier alpha value is -3.32. The maximum Gasteiger partial charge on any atom is 0.407 e. The number of aldehydes is 1. The molecule has 0 unspecified atom stereocenters. The molecule has 0 radical (unpaired) electrons. The Morgan fingerprint density at radius 2 is 1.97 bits per heavy atom. The number of aromatic nitrogens is 2. The Bertz CT molecular complexity index is 1070. The summed E-state index contributed by atoms with van der Waals surface area (Å²) in [5, 5.41) is 9.48. The van der Waals surface area contributed by atoms with Gasteiger partial charge in [0, 0.05) is 36.8 Å². The fourth-order valence-electron chi connectivity index (χ4n) is 3.38. The number of amides is 1. The first-order chi connectivity index (χ1) is 14.0. The predicted molar refractivity (Wildman–Crippen MR) is 108 cm³/mol. The first-order valence-corrected chi connectivity index (χ1v) is 9.36. The van der Waals surface area contributed by atoms with E-state index >= 15 is 0 Å². The molecule has 3 aromatic rings. The maximum absolute atomic E-state index is 11.2. The van der Waals surface area contributed by atoms with Gasteiger partial charge in [-0.2, -0.15) is 0 Å². The highest BCUT2D eigenvalue weighted by Crippen LogP contribution is 2.32. The molecule has 29 heavy (non-hydrogen) atoms. The van der Waals surface area contributed by atoms with E-state index in [0.717, 1.165) is 23.4 Å². The summed E-state index contributed by atoms with van der Waals surface area (Å²) in [4.78, 5) is 28.0. The Kier molecular flexibility index (Phi) is 4.98. The van der Waals surface area contributed by atoms with E-state index in [1.807, 2.05) is 35.9 Å². The minimum absolute atomic E-state index is 0.108. The van der Waals surface area contributed by atoms with Crippen LogP contribution in [0.2, 0.25) is 5.02 Å². The van der Waals surface area contributed by atoms with E-state index in [0.29, 0.717) is 35.2 Å². The number of hydrogen-bond acceptors (Lipinski definition) is 4. The minimum Gasteiger partial charge on any atom is -0.465 e. The van der Waals surface area contributed by atoms with Gasteiger partial charge in [-0.15, -0.1) is 0 Å². The zero-order valence-corrected chi connectivity index (χ0v) is 16.3. The Balaban J connectivity index is 1.51. The van der Waals surface area contributed by atoms with Crippen LogP contribution in [0.15, 0.2) is 48.7 Å². The van der Waals surface area contributed by atoms with E-state index in [9.17, 15) is 9.59 Å². The van der Waals surface area contributed by atoms with Gasteiger partial charge < -0.3 is 19.3 Å². The van der Waals surface area contributed by atoms with Crippen molar-refractivity contribution in [2.45, 2.75) is 5.92 Å². The second-order valence-electron chi connectivity index (χ2n) is 6.87. The van der Waals surface area contributed by atoms with E-state index in [1.54, 1.807) is 24.4 Å². The number of carbonyl (C=O) groups excluding carboxylic acids is 1. The highest BCUT2D eigenvalue weighted by Gasteiger charge is 2.34. The summed E-state index contributed by atoms with van der Waals surface area (Å²) in [6.45, 7) is 0.927. The number of carboxylic acid groups (broad SMARTS) is 1. The van der Waals surface area contributed by atoms with Crippen LogP contribution in [-0.2, 0) is 7.05 Å². The van der Waals surface area contributed by atoms with Gasteiger partial charge >= 0.3 is 6.09 Å². The van der Waals surface area contributed by atoms with Gasteiger partial charge in [0.05, 0.1) is 23.4 Å². The number of ether oxygens (including phenoxy) is 1. The highest BCUT2D eigenvalue weighted by molar-refractivity contribution is 6.30. The molecule has 0 spiro atoms. The van der Waals surface area contributed by atoms with Crippen LogP contribution in [0.3, 0.4) is 0 Å². The molecule has 148 valence electrons. The quantitative estimate of drug-likeness (QED) is 0.628. The fraction of sp³-hybridized carbons (Fsp3) is 0.190. The summed E-state index contributed by atoms with van der Waals surface area (Å²) in [7, 11) is 1.92. The Morgan fingerprint density at radius 1 is 1.24 bits per heavy atom. The zero-order chi connectivity index (χ0) is 20.5. The van der Waals surface area contributed by atoms with Crippen LogP contribution in [0.5, 0.6) is 11.5 Å². The van der Waals surface area contributed by atoms with Gasteiger partial charge in [-0.3, -0.25) is 4.79 Å². The van der Waals surface area contributed by atoms with Crippen LogP contribution in [0.1, 0.15) is 22.1 Å². The molecule has 0 atom stereocenters. The lowest BCUT2D eigenvalue weighted by atomic mass is 10.00. The number of likely N-dealkylation sites (tertiary alicyclic amines) is 1. The SMILES string of the molecule is Cn1c(-c2ccc(Oc3cc(Cl)ccc3C=O)cc2)cnc1C1CN(C(=O)O)C1. The zero-order valence-electron chi connectivity index (χ0n) is 15.6. The number of rotatable bonds is 5. The molecule has 1 aliphatic heterocycles. The van der Waals surface area contributed by atoms with E-state index < -0.39 is 6.09 Å². The Labute approximate surface area is 172 Å². The molecule has 1 aliphatic rings. The van der Waals surface area contributed by atoms with Gasteiger partial charge in [0.2, 0.25) is 0 Å². The van der Waals surface area contributed by atoms with Crippen LogP contribution in [-0.4, -0.2) is 45.0 Å². The molecule has 1 N–H and O–H groups in total. The van der Waals surface area contributed by atoms with E-state index in [4.69, 9.17) is 21.4 Å². The lowest BCUT2D eigenvalue weighted by molar-refractivity contribution is 0.102. The normalized spacial score (nSPS) is 13.8. The lowest BCUT2D eigenvalue weighted by Gasteiger charge is -2.36. The molecule has 0 aliphatic carbocycles. The summed E-state index contributed by atoms with van der Waals surface area (Å²) in [5.74, 6) is 1.96. The summed E-state index contributed by atoms with van der Waals surface area (Å²) < 4.78 is 7.79. The topological polar surface area (TPSA) is 84.7 Å². The number of halogens is 1. The molecule has 7 nitrogen and oxygen atoms in total. The number of carbonyl (C=O) groups is 2. The molecule has 0 saturated carbocycles. The highest BCUT2D eigenvalue weighted by atomic mass is 35.5. The number of nitrogens with zero attached hydrogens (tertiary/aromatic N) is 3. The smallest absolute Gasteiger partial charge is 0.407 e.